The van der Waals surface area contributed by atoms with Gasteiger partial charge in [-0.1, -0.05) is 42.3 Å². The number of para-hydroxylation sites is 1. The summed E-state index contributed by atoms with van der Waals surface area (Å²) in [6.07, 6.45) is 12.6. The van der Waals surface area contributed by atoms with Crippen LogP contribution in [-0.4, -0.2) is 40.5 Å². The summed E-state index contributed by atoms with van der Waals surface area (Å²) in [6, 6.07) is 13.6. The highest BCUT2D eigenvalue weighted by Gasteiger charge is 2.29. The summed E-state index contributed by atoms with van der Waals surface area (Å²) >= 11 is 0. The van der Waals surface area contributed by atoms with Gasteiger partial charge in [0.15, 0.2) is 11.5 Å². The van der Waals surface area contributed by atoms with Crippen LogP contribution in [0.4, 0.5) is 5.82 Å². The quantitative estimate of drug-likeness (QED) is 0.255. The van der Waals surface area contributed by atoms with Crippen LogP contribution >= 0.6 is 0 Å². The third kappa shape index (κ3) is 4.24. The topological polar surface area (TPSA) is 139 Å². The van der Waals surface area contributed by atoms with Gasteiger partial charge in [0.25, 0.3) is 21.7 Å². The van der Waals surface area contributed by atoms with Gasteiger partial charge in [0.2, 0.25) is 0 Å². The van der Waals surface area contributed by atoms with E-state index in [1.165, 1.54) is 17.8 Å². The second-order valence-electron chi connectivity index (χ2n) is 9.32. The first-order valence-corrected chi connectivity index (χ1v) is 14.0. The predicted octanol–water partition coefficient (Wildman–Crippen LogP) is 2.87. The number of nitrogens with one attached hydrogen (secondary N) is 3. The van der Waals surface area contributed by atoms with E-state index in [9.17, 15) is 18.0 Å². The van der Waals surface area contributed by atoms with Crippen LogP contribution in [0.3, 0.4) is 0 Å². The van der Waals surface area contributed by atoms with E-state index in [1.807, 2.05) is 36.4 Å². The van der Waals surface area contributed by atoms with Crippen LogP contribution in [0.2, 0.25) is 0 Å². The highest BCUT2D eigenvalue weighted by Crippen LogP contribution is 2.37. The summed E-state index contributed by atoms with van der Waals surface area (Å²) in [5, 5.41) is 8.29. The van der Waals surface area contributed by atoms with Gasteiger partial charge in [-0.25, -0.2) is 14.2 Å². The second kappa shape index (κ2) is 9.74. The SMILES string of the molecule is C#Cc1ccc2c3c(c([C@H](C)NC(=O)c4c(NS(=O)(=O)NC)nn5cccnc45)n(-c4ccccc4)c(=O)c13)C=C2. The lowest BCUT2D eigenvalue weighted by molar-refractivity contribution is 0.0941. The van der Waals surface area contributed by atoms with Crippen molar-refractivity contribution in [2.75, 3.05) is 11.8 Å². The Morgan fingerprint density at radius 3 is 2.59 bits per heavy atom. The Morgan fingerprint density at radius 1 is 1.07 bits per heavy atom. The third-order valence-electron chi connectivity index (χ3n) is 6.92. The fourth-order valence-electron chi connectivity index (χ4n) is 5.14. The van der Waals surface area contributed by atoms with E-state index in [0.29, 0.717) is 27.7 Å². The van der Waals surface area contributed by atoms with Crippen molar-refractivity contribution in [2.24, 2.45) is 0 Å². The molecule has 0 fully saturated rings. The largest absolute Gasteiger partial charge is 0.344 e. The molecule has 12 heteroatoms. The number of nitrogens with zero attached hydrogens (tertiary/aromatic N) is 4. The molecule has 6 rings (SSSR count). The molecule has 3 heterocycles. The number of hydrogen-bond acceptors (Lipinski definition) is 6. The summed E-state index contributed by atoms with van der Waals surface area (Å²) in [7, 11) is -2.76. The molecular formula is C29H23N7O4S. The van der Waals surface area contributed by atoms with Crippen LogP contribution in [0.5, 0.6) is 0 Å². The second-order valence-corrected chi connectivity index (χ2v) is 10.9. The lowest BCUT2D eigenvalue weighted by atomic mass is 9.97. The molecule has 3 N–H and O–H groups in total. The number of pyridine rings is 1. The van der Waals surface area contributed by atoms with Gasteiger partial charge in [0.1, 0.15) is 5.56 Å². The summed E-state index contributed by atoms with van der Waals surface area (Å²) < 4.78 is 31.9. The fourth-order valence-corrected chi connectivity index (χ4v) is 5.64. The van der Waals surface area contributed by atoms with E-state index in [4.69, 9.17) is 6.42 Å². The molecule has 204 valence electrons. The Balaban J connectivity index is 1.53. The third-order valence-corrected chi connectivity index (χ3v) is 7.92. The van der Waals surface area contributed by atoms with Gasteiger partial charge in [-0.2, -0.15) is 8.42 Å². The van der Waals surface area contributed by atoms with Crippen LogP contribution < -0.4 is 20.3 Å². The number of fused-ring (bicyclic) bond motifs is 1. The van der Waals surface area contributed by atoms with E-state index in [-0.39, 0.29) is 22.6 Å². The summed E-state index contributed by atoms with van der Waals surface area (Å²) in [5.74, 6) is 1.79. The maximum Gasteiger partial charge on any atom is 0.300 e. The van der Waals surface area contributed by atoms with Crippen molar-refractivity contribution >= 4 is 50.5 Å². The van der Waals surface area contributed by atoms with Gasteiger partial charge in [-0.05, 0) is 36.8 Å². The molecule has 0 spiro atoms. The van der Waals surface area contributed by atoms with Gasteiger partial charge in [0.05, 0.1) is 17.1 Å². The van der Waals surface area contributed by atoms with Gasteiger partial charge in [-0.15, -0.1) is 11.5 Å². The molecule has 41 heavy (non-hydrogen) atoms. The van der Waals surface area contributed by atoms with Gasteiger partial charge < -0.3 is 5.32 Å². The number of anilines is 1. The highest BCUT2D eigenvalue weighted by molar-refractivity contribution is 7.90. The normalized spacial score (nSPS) is 12.9. The Hall–Kier alpha value is -5.25. The van der Waals surface area contributed by atoms with Gasteiger partial charge in [0, 0.05) is 41.6 Å². The lowest BCUT2D eigenvalue weighted by Crippen LogP contribution is -2.34. The number of benzene rings is 2. The monoisotopic (exact) mass is 565 g/mol. The number of carbonyl (C=O) groups is 1. The molecule has 1 aliphatic carbocycles. The zero-order valence-corrected chi connectivity index (χ0v) is 22.7. The Kier molecular flexibility index (Phi) is 6.18. The van der Waals surface area contributed by atoms with Gasteiger partial charge in [-0.3, -0.25) is 18.9 Å². The first-order valence-electron chi connectivity index (χ1n) is 12.5. The maximum atomic E-state index is 14.1. The predicted molar refractivity (Wildman–Crippen MR) is 157 cm³/mol. The molecule has 1 aliphatic rings. The summed E-state index contributed by atoms with van der Waals surface area (Å²) in [5.41, 5.74) is 2.96. The minimum atomic E-state index is -3.99. The molecule has 11 nitrogen and oxygen atoms in total. The molecule has 2 aromatic carbocycles. The van der Waals surface area contributed by atoms with Crippen molar-refractivity contribution in [2.45, 2.75) is 13.0 Å². The van der Waals surface area contributed by atoms with Crippen molar-refractivity contribution in [1.29, 1.82) is 0 Å². The van der Waals surface area contributed by atoms with Crippen LogP contribution in [0, 0.1) is 12.3 Å². The number of aromatic nitrogens is 4. The first-order chi connectivity index (χ1) is 19.7. The van der Waals surface area contributed by atoms with E-state index in [2.05, 4.69) is 30.8 Å². The highest BCUT2D eigenvalue weighted by atomic mass is 32.2. The van der Waals surface area contributed by atoms with E-state index < -0.39 is 22.2 Å². The van der Waals surface area contributed by atoms with Crippen molar-refractivity contribution < 1.29 is 13.2 Å². The molecule has 1 atom stereocenters. The molecule has 5 aromatic rings. The minimum Gasteiger partial charge on any atom is -0.344 e. The average Bonchev–Trinajstić information content (AvgIpc) is 3.56. The average molecular weight is 566 g/mol. The number of carbonyl (C=O) groups excluding carboxylic acids is 1. The van der Waals surface area contributed by atoms with E-state index in [1.54, 1.807) is 42.0 Å². The van der Waals surface area contributed by atoms with Crippen molar-refractivity contribution in [3.05, 3.63) is 99.2 Å². The Morgan fingerprint density at radius 2 is 1.85 bits per heavy atom. The first kappa shape index (κ1) is 26.0. The molecule has 3 aromatic heterocycles. The molecule has 1 amide bonds. The zero-order chi connectivity index (χ0) is 28.9. The Bertz CT molecular complexity index is 2120. The number of amides is 1. The van der Waals surface area contributed by atoms with Crippen LogP contribution in [0.1, 0.15) is 45.7 Å². The van der Waals surface area contributed by atoms with Crippen molar-refractivity contribution in [1.82, 2.24) is 29.2 Å². The molecule has 0 radical (unpaired) electrons. The molecule has 0 saturated heterocycles. The standard InChI is InChI=1S/C29H23N7O4S/c1-4-18-11-12-19-13-14-21-22(19)23(18)29(38)36(20-9-6-5-7-10-20)25(21)17(2)32-28(37)24-26(34-41(39,40)30-3)33-35-16-8-15-31-27(24)35/h1,5-17,30H,2-3H3,(H,32,37)(H,33,34)/t17-/m0/s1. The smallest absolute Gasteiger partial charge is 0.300 e. The molecule has 0 bridgehead atoms. The number of rotatable bonds is 7. The van der Waals surface area contributed by atoms with E-state index >= 15 is 0 Å². The Labute approximate surface area is 234 Å². The zero-order valence-electron chi connectivity index (χ0n) is 21.9. The summed E-state index contributed by atoms with van der Waals surface area (Å²) in [4.78, 5) is 32.2. The van der Waals surface area contributed by atoms with Gasteiger partial charge >= 0.3 is 0 Å². The van der Waals surface area contributed by atoms with E-state index in [0.717, 1.165) is 11.1 Å². The molecule has 0 unspecified atom stereocenters. The van der Waals surface area contributed by atoms with Crippen LogP contribution in [-0.2, 0) is 10.2 Å². The fraction of sp³-hybridized carbons (Fsp3) is 0.103. The summed E-state index contributed by atoms with van der Waals surface area (Å²) in [6.45, 7) is 1.75. The van der Waals surface area contributed by atoms with Crippen molar-refractivity contribution in [3.8, 4) is 18.0 Å². The lowest BCUT2D eigenvalue weighted by Gasteiger charge is -2.23. The molecule has 0 aliphatic heterocycles. The maximum absolute atomic E-state index is 14.1. The minimum absolute atomic E-state index is 0.0760. The number of hydrogen-bond donors (Lipinski definition) is 3. The molecular weight excluding hydrogens is 542 g/mol. The molecule has 0 saturated carbocycles. The van der Waals surface area contributed by atoms with Crippen LogP contribution in [0.15, 0.2) is 65.7 Å². The van der Waals surface area contributed by atoms with Crippen LogP contribution in [0.25, 0.3) is 34.3 Å². The number of terminal acetylenes is 1. The van der Waals surface area contributed by atoms with Crippen molar-refractivity contribution in [3.63, 3.8) is 0 Å².